The number of nitro benzene ring substituents is 1. The summed E-state index contributed by atoms with van der Waals surface area (Å²) in [7, 11) is 0. The molecular weight excluding hydrogens is 488 g/mol. The molecule has 0 aliphatic carbocycles. The normalized spacial score (nSPS) is 10.6. The predicted octanol–water partition coefficient (Wildman–Crippen LogP) is 7.07. The number of hydrogen-bond donors (Lipinski definition) is 1. The van der Waals surface area contributed by atoms with Gasteiger partial charge in [-0.25, -0.2) is 4.79 Å². The van der Waals surface area contributed by atoms with Crippen molar-refractivity contribution in [2.75, 3.05) is 11.9 Å². The number of rotatable bonds is 7. The maximum Gasteiger partial charge on any atom is 0.341 e. The van der Waals surface area contributed by atoms with Crippen molar-refractivity contribution in [1.82, 2.24) is 0 Å². The Hall–Kier alpha value is -4.01. The number of nitro groups is 1. The zero-order chi connectivity index (χ0) is 24.9. The van der Waals surface area contributed by atoms with Crippen LogP contribution >= 0.6 is 22.9 Å². The van der Waals surface area contributed by atoms with E-state index in [9.17, 15) is 19.7 Å². The highest BCUT2D eigenvalue weighted by atomic mass is 35.5. The van der Waals surface area contributed by atoms with Gasteiger partial charge in [-0.15, -0.1) is 11.3 Å². The molecule has 0 bridgehead atoms. The lowest BCUT2D eigenvalue weighted by Crippen LogP contribution is -2.15. The molecule has 1 heterocycles. The van der Waals surface area contributed by atoms with Crippen LogP contribution in [0, 0.1) is 10.1 Å². The molecule has 4 rings (SSSR count). The van der Waals surface area contributed by atoms with Gasteiger partial charge >= 0.3 is 5.97 Å². The van der Waals surface area contributed by atoms with Crippen molar-refractivity contribution in [2.24, 2.45) is 0 Å². The van der Waals surface area contributed by atoms with Gasteiger partial charge in [0.25, 0.3) is 11.6 Å². The van der Waals surface area contributed by atoms with E-state index in [1.54, 1.807) is 12.3 Å². The average molecular weight is 507 g/mol. The first-order chi connectivity index (χ1) is 16.9. The lowest BCUT2D eigenvalue weighted by molar-refractivity contribution is -0.384. The van der Waals surface area contributed by atoms with Crippen LogP contribution in [0.2, 0.25) is 5.02 Å². The van der Waals surface area contributed by atoms with Gasteiger partial charge in [0.15, 0.2) is 0 Å². The van der Waals surface area contributed by atoms with Crippen LogP contribution in [0.15, 0.2) is 78.2 Å². The molecule has 1 N–H and O–H groups in total. The molecule has 0 aliphatic heterocycles. The molecule has 0 spiro atoms. The molecule has 7 nitrogen and oxygen atoms in total. The van der Waals surface area contributed by atoms with Crippen molar-refractivity contribution in [3.63, 3.8) is 0 Å². The summed E-state index contributed by atoms with van der Waals surface area (Å²) in [6.45, 7) is 1.87. The van der Waals surface area contributed by atoms with E-state index in [1.165, 1.54) is 23.5 Å². The zero-order valence-electron chi connectivity index (χ0n) is 18.5. The topological polar surface area (TPSA) is 98.5 Å². The van der Waals surface area contributed by atoms with E-state index in [-0.39, 0.29) is 28.4 Å². The monoisotopic (exact) mass is 506 g/mol. The molecule has 4 aromatic rings. The summed E-state index contributed by atoms with van der Waals surface area (Å²) in [5.41, 5.74) is 3.57. The standard InChI is InChI=1S/C26H19ClN2O5S/c1-2-34-26(31)23-21(18-10-8-17(9-11-18)16-6-4-3-5-7-16)15-35-25(23)28-24(30)20-13-12-19(29(32)33)14-22(20)27/h3-15H,2H2,1H3,(H,28,30). The number of benzene rings is 3. The highest BCUT2D eigenvalue weighted by Crippen LogP contribution is 2.37. The van der Waals surface area contributed by atoms with Crippen LogP contribution in [0.1, 0.15) is 27.6 Å². The van der Waals surface area contributed by atoms with Gasteiger partial charge in [0, 0.05) is 23.1 Å². The summed E-state index contributed by atoms with van der Waals surface area (Å²) < 4.78 is 5.25. The van der Waals surface area contributed by atoms with Gasteiger partial charge in [-0.2, -0.15) is 0 Å². The number of anilines is 1. The third kappa shape index (κ3) is 5.24. The van der Waals surface area contributed by atoms with Gasteiger partial charge in [-0.3, -0.25) is 14.9 Å². The van der Waals surface area contributed by atoms with Gasteiger partial charge in [0.05, 0.1) is 22.1 Å². The maximum atomic E-state index is 12.9. The van der Waals surface area contributed by atoms with Gasteiger partial charge in [0.1, 0.15) is 10.6 Å². The van der Waals surface area contributed by atoms with Gasteiger partial charge in [0.2, 0.25) is 0 Å². The van der Waals surface area contributed by atoms with E-state index in [4.69, 9.17) is 16.3 Å². The van der Waals surface area contributed by atoms with E-state index < -0.39 is 16.8 Å². The first kappa shape index (κ1) is 24.1. The summed E-state index contributed by atoms with van der Waals surface area (Å²) in [6.07, 6.45) is 0. The number of nitrogens with one attached hydrogen (secondary N) is 1. The summed E-state index contributed by atoms with van der Waals surface area (Å²) in [6, 6.07) is 21.2. The molecule has 0 atom stereocenters. The van der Waals surface area contributed by atoms with Crippen LogP contribution < -0.4 is 5.32 Å². The van der Waals surface area contributed by atoms with Crippen LogP contribution in [0.4, 0.5) is 10.7 Å². The number of hydrogen-bond acceptors (Lipinski definition) is 6. The van der Waals surface area contributed by atoms with Gasteiger partial charge in [-0.05, 0) is 29.7 Å². The van der Waals surface area contributed by atoms with Crippen LogP contribution in [-0.4, -0.2) is 23.4 Å². The predicted molar refractivity (Wildman–Crippen MR) is 137 cm³/mol. The fraction of sp³-hybridized carbons (Fsp3) is 0.0769. The molecular formula is C26H19ClN2O5S. The molecule has 1 amide bonds. The van der Waals surface area contributed by atoms with E-state index in [0.29, 0.717) is 10.6 Å². The Morgan fingerprint density at radius 1 is 1.00 bits per heavy atom. The van der Waals surface area contributed by atoms with Crippen LogP contribution in [-0.2, 0) is 4.74 Å². The minimum Gasteiger partial charge on any atom is -0.462 e. The second kappa shape index (κ2) is 10.5. The molecule has 176 valence electrons. The summed E-state index contributed by atoms with van der Waals surface area (Å²) in [5, 5.41) is 15.7. The molecule has 0 saturated carbocycles. The number of amides is 1. The highest BCUT2D eigenvalue weighted by Gasteiger charge is 2.24. The Morgan fingerprint density at radius 3 is 2.29 bits per heavy atom. The lowest BCUT2D eigenvalue weighted by Gasteiger charge is -2.10. The summed E-state index contributed by atoms with van der Waals surface area (Å²) >= 11 is 7.28. The smallest absolute Gasteiger partial charge is 0.341 e. The Balaban J connectivity index is 1.67. The third-order valence-electron chi connectivity index (χ3n) is 5.21. The SMILES string of the molecule is CCOC(=O)c1c(-c2ccc(-c3ccccc3)cc2)csc1NC(=O)c1ccc([N+](=O)[O-])cc1Cl. The van der Waals surface area contributed by atoms with Crippen LogP contribution in [0.25, 0.3) is 22.3 Å². The molecule has 1 aromatic heterocycles. The lowest BCUT2D eigenvalue weighted by atomic mass is 9.99. The van der Waals surface area contributed by atoms with E-state index in [2.05, 4.69) is 5.32 Å². The van der Waals surface area contributed by atoms with Crippen molar-refractivity contribution >= 4 is 45.5 Å². The van der Waals surface area contributed by atoms with Crippen molar-refractivity contribution in [3.05, 3.63) is 104 Å². The fourth-order valence-corrected chi connectivity index (χ4v) is 4.73. The zero-order valence-corrected chi connectivity index (χ0v) is 20.1. The largest absolute Gasteiger partial charge is 0.462 e. The second-order valence-electron chi connectivity index (χ2n) is 7.39. The number of ether oxygens (including phenoxy) is 1. The molecule has 0 saturated heterocycles. The van der Waals surface area contributed by atoms with Crippen LogP contribution in [0.3, 0.4) is 0 Å². The Labute approximate surface area is 210 Å². The Morgan fingerprint density at radius 2 is 1.66 bits per heavy atom. The van der Waals surface area contributed by atoms with Crippen molar-refractivity contribution in [2.45, 2.75) is 6.92 Å². The quantitative estimate of drug-likeness (QED) is 0.164. The van der Waals surface area contributed by atoms with Gasteiger partial charge in [-0.1, -0.05) is 66.2 Å². The Kier molecular flexibility index (Phi) is 7.24. The number of thiophene rings is 1. The summed E-state index contributed by atoms with van der Waals surface area (Å²) in [5.74, 6) is -1.16. The molecule has 0 aliphatic rings. The molecule has 35 heavy (non-hydrogen) atoms. The highest BCUT2D eigenvalue weighted by molar-refractivity contribution is 7.15. The van der Waals surface area contributed by atoms with Crippen molar-refractivity contribution in [1.29, 1.82) is 0 Å². The number of nitrogens with zero attached hydrogens (tertiary/aromatic N) is 1. The molecule has 0 radical (unpaired) electrons. The minimum absolute atomic E-state index is 0.0502. The average Bonchev–Trinajstić information content (AvgIpc) is 3.28. The molecule has 3 aromatic carbocycles. The van der Waals surface area contributed by atoms with Crippen molar-refractivity contribution in [3.8, 4) is 22.3 Å². The number of halogens is 1. The number of carbonyl (C=O) groups excluding carboxylic acids is 2. The fourth-order valence-electron chi connectivity index (χ4n) is 3.51. The second-order valence-corrected chi connectivity index (χ2v) is 8.68. The number of non-ortho nitro benzene ring substituents is 1. The van der Waals surface area contributed by atoms with Crippen LogP contribution in [0.5, 0.6) is 0 Å². The molecule has 9 heteroatoms. The maximum absolute atomic E-state index is 12.9. The third-order valence-corrected chi connectivity index (χ3v) is 6.42. The molecule has 0 fully saturated rings. The molecule has 0 unspecified atom stereocenters. The van der Waals surface area contributed by atoms with Crippen molar-refractivity contribution < 1.29 is 19.2 Å². The first-order valence-corrected chi connectivity index (χ1v) is 11.8. The van der Waals surface area contributed by atoms with E-state index in [1.807, 2.05) is 54.6 Å². The Bertz CT molecular complexity index is 1400. The first-order valence-electron chi connectivity index (χ1n) is 10.6. The number of carbonyl (C=O) groups is 2. The van der Waals surface area contributed by atoms with E-state index >= 15 is 0 Å². The number of esters is 1. The summed E-state index contributed by atoms with van der Waals surface area (Å²) in [4.78, 5) is 36.1. The van der Waals surface area contributed by atoms with Gasteiger partial charge < -0.3 is 10.1 Å². The van der Waals surface area contributed by atoms with E-state index in [0.717, 1.165) is 22.8 Å². The minimum atomic E-state index is -0.596.